The van der Waals surface area contributed by atoms with Crippen LogP contribution in [0.3, 0.4) is 0 Å². The molecule has 0 bridgehead atoms. The third kappa shape index (κ3) is 5.25. The molecule has 2 rings (SSSR count). The van der Waals surface area contributed by atoms with Gasteiger partial charge in [0.1, 0.15) is 0 Å². The van der Waals surface area contributed by atoms with Crippen LogP contribution in [0.15, 0.2) is 41.8 Å². The molecule has 1 unspecified atom stereocenters. The number of likely N-dealkylation sites (N-methyl/N-ethyl adjacent to an activating group) is 1. The quantitative estimate of drug-likeness (QED) is 0.825. The summed E-state index contributed by atoms with van der Waals surface area (Å²) in [6, 6.07) is 12.6. The highest BCUT2D eigenvalue weighted by atomic mass is 32.1. The maximum atomic E-state index is 10.2. The fraction of sp³-hybridized carbons (Fsp3) is 0.412. The van der Waals surface area contributed by atoms with Gasteiger partial charge in [-0.3, -0.25) is 0 Å². The van der Waals surface area contributed by atoms with Crippen molar-refractivity contribution in [3.8, 4) is 11.1 Å². The van der Waals surface area contributed by atoms with E-state index in [0.717, 1.165) is 6.54 Å². The lowest BCUT2D eigenvalue weighted by Crippen LogP contribution is -2.45. The van der Waals surface area contributed by atoms with Gasteiger partial charge in [-0.2, -0.15) is 0 Å². The number of thiophene rings is 1. The van der Waals surface area contributed by atoms with Crippen LogP contribution in [0, 0.1) is 0 Å². The SMILES string of the molecule is CN(C)CC(C)(O)CNCc1cc(-c2ccccc2)cs1. The Balaban J connectivity index is 1.86. The average Bonchev–Trinajstić information content (AvgIpc) is 2.87. The average molecular weight is 304 g/mol. The summed E-state index contributed by atoms with van der Waals surface area (Å²) in [6.07, 6.45) is 0. The lowest BCUT2D eigenvalue weighted by molar-refractivity contribution is 0.0336. The monoisotopic (exact) mass is 304 g/mol. The van der Waals surface area contributed by atoms with Crippen molar-refractivity contribution in [3.05, 3.63) is 46.7 Å². The summed E-state index contributed by atoms with van der Waals surface area (Å²) in [6.45, 7) is 3.90. The summed E-state index contributed by atoms with van der Waals surface area (Å²) in [5.41, 5.74) is 1.81. The zero-order valence-electron chi connectivity index (χ0n) is 13.0. The molecule has 4 heteroatoms. The van der Waals surface area contributed by atoms with Crippen LogP contribution in [0.5, 0.6) is 0 Å². The maximum Gasteiger partial charge on any atom is 0.0869 e. The molecule has 0 fully saturated rings. The summed E-state index contributed by atoms with van der Waals surface area (Å²) >= 11 is 1.75. The number of hydrogen-bond donors (Lipinski definition) is 2. The number of aliphatic hydroxyl groups is 1. The van der Waals surface area contributed by atoms with Gasteiger partial charge in [0, 0.05) is 24.5 Å². The molecule has 0 saturated carbocycles. The minimum absolute atomic E-state index is 0.587. The van der Waals surface area contributed by atoms with Gasteiger partial charge in [0.25, 0.3) is 0 Å². The Labute approximate surface area is 131 Å². The first-order chi connectivity index (χ1) is 9.96. The summed E-state index contributed by atoms with van der Waals surface area (Å²) in [5.74, 6) is 0. The molecule has 0 amide bonds. The molecule has 2 N–H and O–H groups in total. The first kappa shape index (κ1) is 16.2. The molecule has 114 valence electrons. The lowest BCUT2D eigenvalue weighted by Gasteiger charge is -2.27. The van der Waals surface area contributed by atoms with Crippen LogP contribution in [0.2, 0.25) is 0 Å². The first-order valence-electron chi connectivity index (χ1n) is 7.17. The van der Waals surface area contributed by atoms with Crippen molar-refractivity contribution in [2.75, 3.05) is 27.2 Å². The van der Waals surface area contributed by atoms with E-state index in [0.29, 0.717) is 13.1 Å². The van der Waals surface area contributed by atoms with Crippen LogP contribution in [0.4, 0.5) is 0 Å². The van der Waals surface area contributed by atoms with E-state index in [9.17, 15) is 5.11 Å². The van der Waals surface area contributed by atoms with Crippen LogP contribution in [-0.4, -0.2) is 42.8 Å². The topological polar surface area (TPSA) is 35.5 Å². The number of hydrogen-bond acceptors (Lipinski definition) is 4. The van der Waals surface area contributed by atoms with Crippen molar-refractivity contribution < 1.29 is 5.11 Å². The van der Waals surface area contributed by atoms with Crippen molar-refractivity contribution in [1.82, 2.24) is 10.2 Å². The van der Waals surface area contributed by atoms with Crippen molar-refractivity contribution in [2.24, 2.45) is 0 Å². The normalized spacial score (nSPS) is 14.3. The van der Waals surface area contributed by atoms with Crippen LogP contribution in [0.25, 0.3) is 11.1 Å². The Bertz CT molecular complexity index is 549. The van der Waals surface area contributed by atoms with E-state index in [1.54, 1.807) is 11.3 Å². The predicted molar refractivity (Wildman–Crippen MR) is 90.6 cm³/mol. The second-order valence-electron chi connectivity index (χ2n) is 6.01. The zero-order valence-corrected chi connectivity index (χ0v) is 13.8. The third-order valence-electron chi connectivity index (χ3n) is 3.22. The largest absolute Gasteiger partial charge is 0.388 e. The van der Waals surface area contributed by atoms with E-state index < -0.39 is 5.60 Å². The summed E-state index contributed by atoms with van der Waals surface area (Å²) in [5, 5.41) is 15.8. The molecule has 1 heterocycles. The summed E-state index contributed by atoms with van der Waals surface area (Å²) in [7, 11) is 3.94. The molecule has 1 atom stereocenters. The lowest BCUT2D eigenvalue weighted by atomic mass is 10.1. The van der Waals surface area contributed by atoms with E-state index >= 15 is 0 Å². The molecule has 21 heavy (non-hydrogen) atoms. The molecule has 0 spiro atoms. The van der Waals surface area contributed by atoms with Gasteiger partial charge in [-0.05, 0) is 43.6 Å². The molecule has 1 aromatic carbocycles. The van der Waals surface area contributed by atoms with Gasteiger partial charge in [0.2, 0.25) is 0 Å². The molecular formula is C17H24N2OS. The molecule has 0 radical (unpaired) electrons. The van der Waals surface area contributed by atoms with E-state index in [4.69, 9.17) is 0 Å². The zero-order chi connectivity index (χ0) is 15.3. The minimum Gasteiger partial charge on any atom is -0.388 e. The van der Waals surface area contributed by atoms with Gasteiger partial charge in [0.15, 0.2) is 0 Å². The van der Waals surface area contributed by atoms with Crippen LogP contribution < -0.4 is 5.32 Å². The van der Waals surface area contributed by atoms with Crippen molar-refractivity contribution in [1.29, 1.82) is 0 Å². The van der Waals surface area contributed by atoms with Crippen LogP contribution in [-0.2, 0) is 6.54 Å². The van der Waals surface area contributed by atoms with Crippen molar-refractivity contribution >= 4 is 11.3 Å². The van der Waals surface area contributed by atoms with Gasteiger partial charge in [-0.25, -0.2) is 0 Å². The summed E-state index contributed by atoms with van der Waals surface area (Å²) < 4.78 is 0. The van der Waals surface area contributed by atoms with Crippen LogP contribution >= 0.6 is 11.3 Å². The molecule has 1 aromatic heterocycles. The van der Waals surface area contributed by atoms with Gasteiger partial charge in [-0.15, -0.1) is 11.3 Å². The Kier molecular flexibility index (Phi) is 5.53. The Morgan fingerprint density at radius 1 is 1.19 bits per heavy atom. The van der Waals surface area contributed by atoms with Gasteiger partial charge < -0.3 is 15.3 Å². The highest BCUT2D eigenvalue weighted by Gasteiger charge is 2.20. The minimum atomic E-state index is -0.705. The van der Waals surface area contributed by atoms with Gasteiger partial charge >= 0.3 is 0 Å². The van der Waals surface area contributed by atoms with Gasteiger partial charge in [0.05, 0.1) is 5.60 Å². The number of benzene rings is 1. The number of nitrogens with zero attached hydrogens (tertiary/aromatic N) is 1. The van der Waals surface area contributed by atoms with Crippen LogP contribution in [0.1, 0.15) is 11.8 Å². The number of nitrogens with one attached hydrogen (secondary N) is 1. The fourth-order valence-corrected chi connectivity index (χ4v) is 3.31. The molecule has 0 aliphatic rings. The molecule has 2 aromatic rings. The Morgan fingerprint density at radius 2 is 1.90 bits per heavy atom. The molecular weight excluding hydrogens is 280 g/mol. The second-order valence-corrected chi connectivity index (χ2v) is 7.00. The fourth-order valence-electron chi connectivity index (χ4n) is 2.45. The van der Waals surface area contributed by atoms with E-state index in [2.05, 4.69) is 41.0 Å². The van der Waals surface area contributed by atoms with E-state index in [1.807, 2.05) is 32.0 Å². The smallest absolute Gasteiger partial charge is 0.0869 e. The van der Waals surface area contributed by atoms with E-state index in [-0.39, 0.29) is 0 Å². The second kappa shape index (κ2) is 7.18. The Hall–Kier alpha value is -1.20. The molecule has 3 nitrogen and oxygen atoms in total. The Morgan fingerprint density at radius 3 is 2.57 bits per heavy atom. The summed E-state index contributed by atoms with van der Waals surface area (Å²) in [4.78, 5) is 3.29. The molecule has 0 aliphatic heterocycles. The van der Waals surface area contributed by atoms with E-state index in [1.165, 1.54) is 16.0 Å². The maximum absolute atomic E-state index is 10.2. The van der Waals surface area contributed by atoms with Gasteiger partial charge in [-0.1, -0.05) is 30.3 Å². The standard InChI is InChI=1S/C17H24N2OS/c1-17(20,13-19(2)3)12-18-10-16-9-15(11-21-16)14-7-5-4-6-8-14/h4-9,11,18,20H,10,12-13H2,1-3H3. The highest BCUT2D eigenvalue weighted by molar-refractivity contribution is 7.10. The first-order valence-corrected chi connectivity index (χ1v) is 8.05. The molecule has 0 aliphatic carbocycles. The molecule has 0 saturated heterocycles. The van der Waals surface area contributed by atoms with Crippen molar-refractivity contribution in [3.63, 3.8) is 0 Å². The number of rotatable bonds is 7. The highest BCUT2D eigenvalue weighted by Crippen LogP contribution is 2.25. The van der Waals surface area contributed by atoms with Crippen molar-refractivity contribution in [2.45, 2.75) is 19.1 Å². The predicted octanol–water partition coefficient (Wildman–Crippen LogP) is 2.82. The third-order valence-corrected chi connectivity index (χ3v) is 4.16.